The average Bonchev–Trinajstić information content (AvgIpc) is 3.22. The topological polar surface area (TPSA) is 61.9 Å². The van der Waals surface area contributed by atoms with Gasteiger partial charge in [-0.3, -0.25) is 4.90 Å². The molecule has 4 rings (SSSR count). The molecule has 0 saturated carbocycles. The minimum atomic E-state index is -3.45. The molecule has 0 amide bonds. The Morgan fingerprint density at radius 2 is 1.97 bits per heavy atom. The number of nitrogens with one attached hydrogen (secondary N) is 1. The lowest BCUT2D eigenvalue weighted by molar-refractivity contribution is 0.0924. The highest BCUT2D eigenvalue weighted by atomic mass is 32.2. The summed E-state index contributed by atoms with van der Waals surface area (Å²) in [6.45, 7) is 8.70. The van der Waals surface area contributed by atoms with Gasteiger partial charge in [-0.15, -0.1) is 0 Å². The maximum Gasteiger partial charge on any atom is 0.240 e. The summed E-state index contributed by atoms with van der Waals surface area (Å²) in [5.41, 5.74) is 2.31. The Morgan fingerprint density at radius 3 is 2.67 bits per heavy atom. The van der Waals surface area contributed by atoms with E-state index in [-0.39, 0.29) is 6.10 Å². The van der Waals surface area contributed by atoms with Gasteiger partial charge in [0.1, 0.15) is 11.9 Å². The second-order valence-electron chi connectivity index (χ2n) is 9.57. The minimum Gasteiger partial charge on any atom is -0.489 e. The number of likely N-dealkylation sites (N-methyl/N-ethyl adjacent to an activating group) is 1. The van der Waals surface area contributed by atoms with Crippen molar-refractivity contribution in [2.45, 2.75) is 50.2 Å². The molecule has 2 heterocycles. The van der Waals surface area contributed by atoms with E-state index in [0.29, 0.717) is 17.5 Å². The number of nitrogens with zero attached hydrogens (tertiary/aromatic N) is 2. The summed E-state index contributed by atoms with van der Waals surface area (Å²) >= 11 is 0. The fraction of sp³-hybridized carbons (Fsp3) is 0.538. The van der Waals surface area contributed by atoms with Gasteiger partial charge in [0.25, 0.3) is 0 Å². The monoisotopic (exact) mass is 471 g/mol. The number of hydrogen-bond acceptors (Lipinski definition) is 5. The van der Waals surface area contributed by atoms with Crippen molar-refractivity contribution < 1.29 is 13.2 Å². The number of rotatable bonds is 9. The van der Waals surface area contributed by atoms with Crippen LogP contribution in [0.15, 0.2) is 53.4 Å². The highest BCUT2D eigenvalue weighted by Gasteiger charge is 2.29. The molecule has 0 aromatic heterocycles. The smallest absolute Gasteiger partial charge is 0.240 e. The van der Waals surface area contributed by atoms with E-state index in [9.17, 15) is 8.42 Å². The van der Waals surface area contributed by atoms with Crippen LogP contribution < -0.4 is 9.46 Å². The normalized spacial score (nSPS) is 22.2. The highest BCUT2D eigenvalue weighted by Crippen LogP contribution is 2.31. The molecule has 2 aliphatic rings. The predicted octanol–water partition coefficient (Wildman–Crippen LogP) is 3.69. The van der Waals surface area contributed by atoms with Gasteiger partial charge in [0.15, 0.2) is 0 Å². The van der Waals surface area contributed by atoms with Gasteiger partial charge in [-0.1, -0.05) is 44.2 Å². The van der Waals surface area contributed by atoms with Crippen molar-refractivity contribution in [1.29, 1.82) is 0 Å². The van der Waals surface area contributed by atoms with E-state index in [2.05, 4.69) is 58.8 Å². The van der Waals surface area contributed by atoms with Crippen LogP contribution in [0, 0.1) is 5.92 Å². The Labute approximate surface area is 199 Å². The summed E-state index contributed by atoms with van der Waals surface area (Å²) in [7, 11) is -1.26. The fourth-order valence-corrected chi connectivity index (χ4v) is 6.14. The number of ether oxygens (including phenoxy) is 1. The van der Waals surface area contributed by atoms with E-state index >= 15 is 0 Å². The third kappa shape index (κ3) is 5.96. The first kappa shape index (κ1) is 24.2. The largest absolute Gasteiger partial charge is 0.489 e. The van der Waals surface area contributed by atoms with Gasteiger partial charge in [-0.2, -0.15) is 0 Å². The molecular formula is C26H37N3O3S. The Hall–Kier alpha value is -1.93. The van der Waals surface area contributed by atoms with Gasteiger partial charge in [0.2, 0.25) is 10.0 Å². The average molecular weight is 472 g/mol. The van der Waals surface area contributed by atoms with Gasteiger partial charge in [0.05, 0.1) is 4.90 Å². The van der Waals surface area contributed by atoms with E-state index in [4.69, 9.17) is 4.74 Å². The SMILES string of the molecule is CCNS(=O)(=O)c1ccc2c(c1)CC[C@@H](CN(C)[C@H](CN1CC[C@H](C)C1)c1ccccc1)O2. The molecule has 1 fully saturated rings. The van der Waals surface area contributed by atoms with Gasteiger partial charge >= 0.3 is 0 Å². The molecule has 1 N–H and O–H groups in total. The molecule has 0 unspecified atom stereocenters. The van der Waals surface area contributed by atoms with Crippen molar-refractivity contribution >= 4 is 10.0 Å². The molecule has 0 radical (unpaired) electrons. The molecule has 1 saturated heterocycles. The highest BCUT2D eigenvalue weighted by molar-refractivity contribution is 7.89. The molecule has 3 atom stereocenters. The van der Waals surface area contributed by atoms with E-state index in [1.54, 1.807) is 19.1 Å². The van der Waals surface area contributed by atoms with E-state index in [1.165, 1.54) is 25.1 Å². The lowest BCUT2D eigenvalue weighted by atomic mass is 10.0. The fourth-order valence-electron chi connectivity index (χ4n) is 5.05. The standard InChI is InChI=1S/C26H37N3O3S/c1-4-27-33(30,31)24-12-13-26-22(16-24)10-11-23(32-26)18-28(3)25(21-8-6-5-7-9-21)19-29-15-14-20(2)17-29/h5-9,12-13,16,20,23,25,27H,4,10-11,14-15,17-19H2,1-3H3/t20-,23-,25+/m0/s1. The molecule has 2 aliphatic heterocycles. The van der Waals surface area contributed by atoms with Crippen molar-refractivity contribution in [1.82, 2.24) is 14.5 Å². The third-order valence-corrected chi connectivity index (χ3v) is 8.40. The molecule has 33 heavy (non-hydrogen) atoms. The molecule has 7 heteroatoms. The maximum atomic E-state index is 12.3. The maximum absolute atomic E-state index is 12.3. The predicted molar refractivity (Wildman–Crippen MR) is 132 cm³/mol. The first-order valence-corrected chi connectivity index (χ1v) is 13.6. The van der Waals surface area contributed by atoms with E-state index in [1.807, 2.05) is 6.07 Å². The summed E-state index contributed by atoms with van der Waals surface area (Å²) in [6.07, 6.45) is 3.06. The molecular weight excluding hydrogens is 434 g/mol. The van der Waals surface area contributed by atoms with Crippen LogP contribution in [0.25, 0.3) is 0 Å². The van der Waals surface area contributed by atoms with Crippen LogP contribution in [0.3, 0.4) is 0 Å². The molecule has 6 nitrogen and oxygen atoms in total. The quantitative estimate of drug-likeness (QED) is 0.604. The molecule has 0 spiro atoms. The van der Waals surface area contributed by atoms with Crippen LogP contribution in [0.4, 0.5) is 0 Å². The van der Waals surface area contributed by atoms with Crippen molar-refractivity contribution in [3.05, 3.63) is 59.7 Å². The number of sulfonamides is 1. The first-order valence-electron chi connectivity index (χ1n) is 12.1. The Balaban J connectivity index is 1.44. The third-order valence-electron chi connectivity index (χ3n) is 6.85. The summed E-state index contributed by atoms with van der Waals surface area (Å²) in [5, 5.41) is 0. The Bertz CT molecular complexity index is 1030. The summed E-state index contributed by atoms with van der Waals surface area (Å²) in [6, 6.07) is 16.3. The molecule has 180 valence electrons. The molecule has 0 bridgehead atoms. The van der Waals surface area contributed by atoms with Crippen molar-refractivity contribution in [3.63, 3.8) is 0 Å². The summed E-state index contributed by atoms with van der Waals surface area (Å²) < 4.78 is 33.6. The second kappa shape index (κ2) is 10.6. The van der Waals surface area contributed by atoms with Gasteiger partial charge < -0.3 is 9.64 Å². The van der Waals surface area contributed by atoms with Crippen LogP contribution in [0.1, 0.15) is 43.9 Å². The van der Waals surface area contributed by atoms with Crippen LogP contribution in [-0.2, 0) is 16.4 Å². The number of fused-ring (bicyclic) bond motifs is 1. The van der Waals surface area contributed by atoms with Crippen LogP contribution in [0.5, 0.6) is 5.75 Å². The first-order chi connectivity index (χ1) is 15.9. The van der Waals surface area contributed by atoms with Gasteiger partial charge in [-0.05, 0) is 68.1 Å². The Morgan fingerprint density at radius 1 is 1.18 bits per heavy atom. The zero-order chi connectivity index (χ0) is 23.4. The van der Waals surface area contributed by atoms with Crippen molar-refractivity contribution in [2.75, 3.05) is 39.8 Å². The lowest BCUT2D eigenvalue weighted by Gasteiger charge is -2.36. The molecule has 2 aromatic carbocycles. The lowest BCUT2D eigenvalue weighted by Crippen LogP contribution is -2.41. The molecule has 2 aromatic rings. The van der Waals surface area contributed by atoms with E-state index in [0.717, 1.165) is 43.2 Å². The van der Waals surface area contributed by atoms with Gasteiger partial charge in [-0.25, -0.2) is 13.1 Å². The zero-order valence-corrected chi connectivity index (χ0v) is 20.9. The zero-order valence-electron chi connectivity index (χ0n) is 20.0. The van der Waals surface area contributed by atoms with Gasteiger partial charge in [0, 0.05) is 32.2 Å². The molecule has 0 aliphatic carbocycles. The van der Waals surface area contributed by atoms with Crippen molar-refractivity contribution in [2.24, 2.45) is 5.92 Å². The number of hydrogen-bond donors (Lipinski definition) is 1. The number of likely N-dealkylation sites (tertiary alicyclic amines) is 1. The van der Waals surface area contributed by atoms with Crippen LogP contribution in [-0.4, -0.2) is 64.1 Å². The Kier molecular flexibility index (Phi) is 7.74. The van der Waals surface area contributed by atoms with Crippen LogP contribution >= 0.6 is 0 Å². The second-order valence-corrected chi connectivity index (χ2v) is 11.3. The van der Waals surface area contributed by atoms with Crippen molar-refractivity contribution in [3.8, 4) is 5.75 Å². The number of benzene rings is 2. The number of aryl methyl sites for hydroxylation is 1. The summed E-state index contributed by atoms with van der Waals surface area (Å²) in [4.78, 5) is 5.33. The van der Waals surface area contributed by atoms with E-state index < -0.39 is 10.0 Å². The van der Waals surface area contributed by atoms with Crippen LogP contribution in [0.2, 0.25) is 0 Å². The summed E-state index contributed by atoms with van der Waals surface area (Å²) in [5.74, 6) is 1.57. The minimum absolute atomic E-state index is 0.0856.